The van der Waals surface area contributed by atoms with Crippen LogP contribution in [0.4, 0.5) is 0 Å². The van der Waals surface area contributed by atoms with Crippen LogP contribution in [0.15, 0.2) is 23.8 Å². The summed E-state index contributed by atoms with van der Waals surface area (Å²) in [5, 5.41) is 9.58. The Morgan fingerprint density at radius 3 is 2.92 bits per heavy atom. The van der Waals surface area contributed by atoms with Gasteiger partial charge in [-0.3, -0.25) is 0 Å². The number of hydrogen-bond acceptors (Lipinski definition) is 2. The zero-order valence-electron chi connectivity index (χ0n) is 7.46. The zero-order chi connectivity index (χ0) is 9.26. The molecule has 2 rings (SSSR count). The summed E-state index contributed by atoms with van der Waals surface area (Å²) in [6.45, 7) is 0.591. The molecular formula is C11H13NO. The minimum atomic E-state index is 0.364. The molecule has 1 aliphatic carbocycles. The lowest BCUT2D eigenvalue weighted by Gasteiger charge is -2.15. The third kappa shape index (κ3) is 1.45. The summed E-state index contributed by atoms with van der Waals surface area (Å²) in [6, 6.07) is 5.66. The highest BCUT2D eigenvalue weighted by Crippen LogP contribution is 2.29. The van der Waals surface area contributed by atoms with E-state index in [4.69, 9.17) is 5.73 Å². The molecular weight excluding hydrogens is 162 g/mol. The quantitative estimate of drug-likeness (QED) is 0.682. The first-order chi connectivity index (χ1) is 6.31. The molecule has 13 heavy (non-hydrogen) atoms. The fourth-order valence-corrected chi connectivity index (χ4v) is 1.72. The maximum absolute atomic E-state index is 9.58. The van der Waals surface area contributed by atoms with E-state index in [-0.39, 0.29) is 0 Å². The molecule has 0 spiro atoms. The van der Waals surface area contributed by atoms with Crippen LogP contribution >= 0.6 is 0 Å². The smallest absolute Gasteiger partial charge is 0.123 e. The normalized spacial score (nSPS) is 15.0. The maximum atomic E-state index is 9.58. The molecule has 1 aromatic rings. The summed E-state index contributed by atoms with van der Waals surface area (Å²) < 4.78 is 0. The van der Waals surface area contributed by atoms with Crippen molar-refractivity contribution >= 4 is 6.08 Å². The number of phenolic OH excluding ortho intramolecular Hbond substituents is 1. The highest BCUT2D eigenvalue weighted by atomic mass is 16.3. The molecule has 1 aliphatic rings. The van der Waals surface area contributed by atoms with Gasteiger partial charge in [0.05, 0.1) is 0 Å². The van der Waals surface area contributed by atoms with Crippen molar-refractivity contribution in [3.8, 4) is 5.75 Å². The van der Waals surface area contributed by atoms with E-state index < -0.39 is 0 Å². The number of fused-ring (bicyclic) bond motifs is 1. The number of hydrogen-bond donors (Lipinski definition) is 2. The average molecular weight is 175 g/mol. The summed E-state index contributed by atoms with van der Waals surface area (Å²) in [6.07, 6.45) is 4.02. The lowest BCUT2D eigenvalue weighted by molar-refractivity contribution is 0.472. The van der Waals surface area contributed by atoms with Crippen LogP contribution in [0.1, 0.15) is 17.5 Å². The van der Waals surface area contributed by atoms with E-state index in [1.165, 1.54) is 11.1 Å². The Bertz CT molecular complexity index is 355. The van der Waals surface area contributed by atoms with Crippen LogP contribution in [0.2, 0.25) is 0 Å². The van der Waals surface area contributed by atoms with Crippen LogP contribution < -0.4 is 5.73 Å². The summed E-state index contributed by atoms with van der Waals surface area (Å²) in [4.78, 5) is 0. The molecule has 2 nitrogen and oxygen atoms in total. The second-order valence-corrected chi connectivity index (χ2v) is 3.36. The lowest BCUT2D eigenvalue weighted by atomic mass is 9.92. The Kier molecular flexibility index (Phi) is 2.07. The molecule has 0 aromatic heterocycles. The largest absolute Gasteiger partial charge is 0.507 e. The molecule has 0 saturated heterocycles. The van der Waals surface area contributed by atoms with Crippen LogP contribution in [0.25, 0.3) is 6.08 Å². The molecule has 0 fully saturated rings. The fourth-order valence-electron chi connectivity index (χ4n) is 1.72. The third-order valence-electron chi connectivity index (χ3n) is 2.50. The van der Waals surface area contributed by atoms with Crippen molar-refractivity contribution in [1.29, 1.82) is 0 Å². The summed E-state index contributed by atoms with van der Waals surface area (Å²) in [7, 11) is 0. The van der Waals surface area contributed by atoms with Gasteiger partial charge in [-0.15, -0.1) is 0 Å². The number of nitrogens with two attached hydrogens (primary N) is 1. The van der Waals surface area contributed by atoms with E-state index in [0.29, 0.717) is 12.3 Å². The predicted molar refractivity (Wildman–Crippen MR) is 53.5 cm³/mol. The van der Waals surface area contributed by atoms with Gasteiger partial charge in [-0.1, -0.05) is 23.8 Å². The Labute approximate surface area is 77.7 Å². The van der Waals surface area contributed by atoms with Gasteiger partial charge in [0.2, 0.25) is 0 Å². The first kappa shape index (κ1) is 8.32. The second-order valence-electron chi connectivity index (χ2n) is 3.36. The second kappa shape index (κ2) is 3.23. The molecule has 3 N–H and O–H groups in total. The molecule has 0 aliphatic heterocycles. The van der Waals surface area contributed by atoms with Crippen molar-refractivity contribution in [2.75, 3.05) is 6.54 Å². The van der Waals surface area contributed by atoms with Crippen LogP contribution in [0.3, 0.4) is 0 Å². The fraction of sp³-hybridized carbons (Fsp3) is 0.273. The Hall–Kier alpha value is -1.28. The number of aromatic hydroxyl groups is 1. The number of aryl methyl sites for hydroxylation is 1. The monoisotopic (exact) mass is 175 g/mol. The molecule has 0 heterocycles. The van der Waals surface area contributed by atoms with Gasteiger partial charge >= 0.3 is 0 Å². The van der Waals surface area contributed by atoms with Gasteiger partial charge in [0.25, 0.3) is 0 Å². The minimum absolute atomic E-state index is 0.364. The van der Waals surface area contributed by atoms with Crippen LogP contribution in [0, 0.1) is 0 Å². The van der Waals surface area contributed by atoms with Crippen molar-refractivity contribution in [3.05, 3.63) is 34.9 Å². The number of phenols is 1. The van der Waals surface area contributed by atoms with E-state index in [1.807, 2.05) is 12.1 Å². The van der Waals surface area contributed by atoms with E-state index >= 15 is 0 Å². The number of benzene rings is 1. The van der Waals surface area contributed by atoms with Gasteiger partial charge in [0, 0.05) is 12.1 Å². The third-order valence-corrected chi connectivity index (χ3v) is 2.50. The average Bonchev–Trinajstić information content (AvgIpc) is 2.18. The van der Waals surface area contributed by atoms with E-state index in [1.54, 1.807) is 6.07 Å². The summed E-state index contributed by atoms with van der Waals surface area (Å²) in [5.74, 6) is 0.364. The number of rotatable bonds is 1. The standard InChI is InChI=1S/C11H13NO/c12-7-8-4-5-9-2-1-3-11(13)10(9)6-8/h1-3,6,13H,4-5,7,12H2. The molecule has 2 heteroatoms. The van der Waals surface area contributed by atoms with Crippen molar-refractivity contribution in [1.82, 2.24) is 0 Å². The maximum Gasteiger partial charge on any atom is 0.123 e. The minimum Gasteiger partial charge on any atom is -0.507 e. The first-order valence-corrected chi connectivity index (χ1v) is 4.51. The van der Waals surface area contributed by atoms with Gasteiger partial charge in [0.1, 0.15) is 5.75 Å². The summed E-state index contributed by atoms with van der Waals surface area (Å²) in [5.41, 5.74) is 8.95. The Morgan fingerprint density at radius 1 is 1.31 bits per heavy atom. The molecule has 0 atom stereocenters. The lowest BCUT2D eigenvalue weighted by Crippen LogP contribution is -2.08. The van der Waals surface area contributed by atoms with Gasteiger partial charge in [-0.25, -0.2) is 0 Å². The van der Waals surface area contributed by atoms with Crippen LogP contribution in [-0.4, -0.2) is 11.7 Å². The molecule has 0 radical (unpaired) electrons. The molecule has 0 unspecified atom stereocenters. The van der Waals surface area contributed by atoms with Crippen LogP contribution in [-0.2, 0) is 6.42 Å². The topological polar surface area (TPSA) is 46.2 Å². The molecule has 0 saturated carbocycles. The van der Waals surface area contributed by atoms with Gasteiger partial charge < -0.3 is 10.8 Å². The van der Waals surface area contributed by atoms with Gasteiger partial charge in [0.15, 0.2) is 0 Å². The molecule has 0 bridgehead atoms. The summed E-state index contributed by atoms with van der Waals surface area (Å²) >= 11 is 0. The zero-order valence-corrected chi connectivity index (χ0v) is 7.46. The molecule has 0 amide bonds. The highest BCUT2D eigenvalue weighted by Gasteiger charge is 2.11. The van der Waals surface area contributed by atoms with Gasteiger partial charge in [-0.2, -0.15) is 0 Å². The highest BCUT2D eigenvalue weighted by molar-refractivity contribution is 5.65. The van der Waals surface area contributed by atoms with Crippen LogP contribution in [0.5, 0.6) is 5.75 Å². The molecule has 1 aromatic carbocycles. The van der Waals surface area contributed by atoms with E-state index in [2.05, 4.69) is 6.07 Å². The van der Waals surface area contributed by atoms with E-state index in [0.717, 1.165) is 18.4 Å². The van der Waals surface area contributed by atoms with Crippen molar-refractivity contribution in [3.63, 3.8) is 0 Å². The molecule has 68 valence electrons. The van der Waals surface area contributed by atoms with Crippen molar-refractivity contribution < 1.29 is 5.11 Å². The van der Waals surface area contributed by atoms with E-state index in [9.17, 15) is 5.11 Å². The first-order valence-electron chi connectivity index (χ1n) is 4.51. The van der Waals surface area contributed by atoms with Crippen molar-refractivity contribution in [2.45, 2.75) is 12.8 Å². The van der Waals surface area contributed by atoms with Crippen molar-refractivity contribution in [2.24, 2.45) is 5.73 Å². The predicted octanol–water partition coefficient (Wildman–Crippen LogP) is 1.68. The van der Waals surface area contributed by atoms with Gasteiger partial charge in [-0.05, 0) is 24.5 Å². The Morgan fingerprint density at radius 2 is 2.15 bits per heavy atom. The Balaban J connectivity index is 2.49. The SMILES string of the molecule is NCC1=Cc2c(O)cccc2CC1.